The topological polar surface area (TPSA) is 90.0 Å². The fourth-order valence-corrected chi connectivity index (χ4v) is 4.08. The van der Waals surface area contributed by atoms with Crippen molar-refractivity contribution >= 4 is 34.0 Å². The fourth-order valence-electron chi connectivity index (χ4n) is 3.25. The first-order valence-electron chi connectivity index (χ1n) is 9.45. The van der Waals surface area contributed by atoms with Gasteiger partial charge in [0.15, 0.2) is 11.7 Å². The lowest BCUT2D eigenvalue weighted by Crippen LogP contribution is -2.35. The molecule has 1 aromatic heterocycles. The number of amides is 2. The number of methoxy groups -OCH3 is 2. The molecule has 2 amide bonds. The van der Waals surface area contributed by atoms with Crippen molar-refractivity contribution in [2.24, 2.45) is 0 Å². The summed E-state index contributed by atoms with van der Waals surface area (Å²) in [7, 11) is 4.78. The zero-order chi connectivity index (χ0) is 22.1. The summed E-state index contributed by atoms with van der Waals surface area (Å²) in [6.07, 6.45) is 0. The molecule has 160 valence electrons. The molecular formula is C22H21N3O5S. The standard InChI is InChI=1S/C22H21N3O5S/c1-12-20(13-5-6-18-17(9-13)25(2)19(26)11-30-18)23-22(31-12)24-21(27)14-7-15(28-3)10-16(8-14)29-4/h5-10H,11H2,1-4H3,(H,23,24,27). The molecule has 0 spiro atoms. The lowest BCUT2D eigenvalue weighted by atomic mass is 10.1. The Hall–Kier alpha value is -3.59. The van der Waals surface area contributed by atoms with E-state index in [1.54, 1.807) is 30.1 Å². The monoisotopic (exact) mass is 439 g/mol. The number of aryl methyl sites for hydroxylation is 1. The number of likely N-dealkylation sites (N-methyl/N-ethyl adjacent to an activating group) is 1. The fraction of sp³-hybridized carbons (Fsp3) is 0.227. The highest BCUT2D eigenvalue weighted by Crippen LogP contribution is 2.38. The average Bonchev–Trinajstić information content (AvgIpc) is 3.15. The van der Waals surface area contributed by atoms with Gasteiger partial charge in [-0.15, -0.1) is 11.3 Å². The molecule has 0 atom stereocenters. The summed E-state index contributed by atoms with van der Waals surface area (Å²) in [5.74, 6) is 1.27. The van der Waals surface area contributed by atoms with E-state index in [2.05, 4.69) is 10.3 Å². The highest BCUT2D eigenvalue weighted by Gasteiger charge is 2.23. The number of ether oxygens (including phenoxy) is 3. The summed E-state index contributed by atoms with van der Waals surface area (Å²) in [5, 5.41) is 3.31. The first-order chi connectivity index (χ1) is 14.9. The highest BCUT2D eigenvalue weighted by molar-refractivity contribution is 7.16. The Balaban J connectivity index is 1.60. The van der Waals surface area contributed by atoms with Crippen molar-refractivity contribution in [3.63, 3.8) is 0 Å². The number of fused-ring (bicyclic) bond motifs is 1. The minimum absolute atomic E-state index is 0.0316. The van der Waals surface area contributed by atoms with Crippen LogP contribution in [0.2, 0.25) is 0 Å². The van der Waals surface area contributed by atoms with Crippen LogP contribution in [0.15, 0.2) is 36.4 Å². The van der Waals surface area contributed by atoms with Crippen molar-refractivity contribution < 1.29 is 23.8 Å². The Morgan fingerprint density at radius 2 is 1.87 bits per heavy atom. The quantitative estimate of drug-likeness (QED) is 0.651. The highest BCUT2D eigenvalue weighted by atomic mass is 32.1. The number of benzene rings is 2. The van der Waals surface area contributed by atoms with Gasteiger partial charge >= 0.3 is 0 Å². The van der Waals surface area contributed by atoms with Crippen LogP contribution in [-0.2, 0) is 4.79 Å². The third-order valence-corrected chi connectivity index (χ3v) is 5.84. The molecule has 2 aromatic carbocycles. The average molecular weight is 439 g/mol. The van der Waals surface area contributed by atoms with Crippen molar-refractivity contribution in [2.45, 2.75) is 6.92 Å². The van der Waals surface area contributed by atoms with E-state index < -0.39 is 0 Å². The summed E-state index contributed by atoms with van der Waals surface area (Å²) in [6.45, 7) is 1.96. The van der Waals surface area contributed by atoms with Crippen LogP contribution in [0, 0.1) is 6.92 Å². The van der Waals surface area contributed by atoms with E-state index in [-0.39, 0.29) is 18.4 Å². The first kappa shape index (κ1) is 20.7. The predicted molar refractivity (Wildman–Crippen MR) is 119 cm³/mol. The number of rotatable bonds is 5. The van der Waals surface area contributed by atoms with Crippen molar-refractivity contribution in [1.82, 2.24) is 4.98 Å². The van der Waals surface area contributed by atoms with E-state index in [1.165, 1.54) is 25.6 Å². The number of carbonyl (C=O) groups is 2. The summed E-state index contributed by atoms with van der Waals surface area (Å²) >= 11 is 1.37. The van der Waals surface area contributed by atoms with Crippen LogP contribution >= 0.6 is 11.3 Å². The van der Waals surface area contributed by atoms with E-state index in [0.29, 0.717) is 33.6 Å². The van der Waals surface area contributed by atoms with Crippen molar-refractivity contribution in [1.29, 1.82) is 0 Å². The van der Waals surface area contributed by atoms with Crippen molar-refractivity contribution in [2.75, 3.05) is 38.1 Å². The van der Waals surface area contributed by atoms with Gasteiger partial charge in [-0.3, -0.25) is 14.9 Å². The molecule has 1 N–H and O–H groups in total. The van der Waals surface area contributed by atoms with Crippen molar-refractivity contribution in [3.05, 3.63) is 46.8 Å². The Labute approximate surface area is 183 Å². The Bertz CT molecular complexity index is 1150. The molecule has 1 aliphatic heterocycles. The second-order valence-corrected chi connectivity index (χ2v) is 8.11. The molecule has 0 radical (unpaired) electrons. The smallest absolute Gasteiger partial charge is 0.264 e. The molecule has 0 bridgehead atoms. The van der Waals surface area contributed by atoms with Crippen LogP contribution in [0.1, 0.15) is 15.2 Å². The van der Waals surface area contributed by atoms with Gasteiger partial charge < -0.3 is 19.1 Å². The van der Waals surface area contributed by atoms with Gasteiger partial charge in [0.25, 0.3) is 11.8 Å². The molecule has 9 heteroatoms. The van der Waals surface area contributed by atoms with Gasteiger partial charge in [-0.05, 0) is 37.3 Å². The number of nitrogens with one attached hydrogen (secondary N) is 1. The number of thiazole rings is 1. The second-order valence-electron chi connectivity index (χ2n) is 6.90. The minimum Gasteiger partial charge on any atom is -0.497 e. The zero-order valence-electron chi connectivity index (χ0n) is 17.5. The van der Waals surface area contributed by atoms with E-state index in [1.807, 2.05) is 25.1 Å². The number of anilines is 2. The van der Waals surface area contributed by atoms with Gasteiger partial charge in [-0.25, -0.2) is 4.98 Å². The lowest BCUT2D eigenvalue weighted by molar-refractivity contribution is -0.120. The summed E-state index contributed by atoms with van der Waals surface area (Å²) in [6, 6.07) is 10.6. The SMILES string of the molecule is COc1cc(OC)cc(C(=O)Nc2nc(-c3ccc4c(c3)N(C)C(=O)CO4)c(C)s2)c1. The van der Waals surface area contributed by atoms with Crippen LogP contribution in [0.4, 0.5) is 10.8 Å². The maximum absolute atomic E-state index is 12.8. The van der Waals surface area contributed by atoms with Gasteiger partial charge in [-0.2, -0.15) is 0 Å². The molecule has 0 saturated heterocycles. The summed E-state index contributed by atoms with van der Waals surface area (Å²) in [5.41, 5.74) is 2.66. The molecule has 31 heavy (non-hydrogen) atoms. The second kappa shape index (κ2) is 8.27. The van der Waals surface area contributed by atoms with Crippen LogP contribution in [0.3, 0.4) is 0 Å². The van der Waals surface area contributed by atoms with E-state index in [4.69, 9.17) is 14.2 Å². The minimum atomic E-state index is -0.318. The van der Waals surface area contributed by atoms with E-state index in [0.717, 1.165) is 16.1 Å². The normalized spacial score (nSPS) is 12.8. The maximum atomic E-state index is 12.8. The van der Waals surface area contributed by atoms with Gasteiger partial charge in [0, 0.05) is 29.1 Å². The number of hydrogen-bond acceptors (Lipinski definition) is 7. The summed E-state index contributed by atoms with van der Waals surface area (Å²) < 4.78 is 15.9. The molecule has 4 rings (SSSR count). The number of carbonyl (C=O) groups excluding carboxylic acids is 2. The molecule has 1 aliphatic rings. The molecule has 0 fully saturated rings. The largest absolute Gasteiger partial charge is 0.497 e. The van der Waals surface area contributed by atoms with Gasteiger partial charge in [0.05, 0.1) is 25.6 Å². The molecule has 0 aliphatic carbocycles. The van der Waals surface area contributed by atoms with Crippen LogP contribution in [0.5, 0.6) is 17.2 Å². The van der Waals surface area contributed by atoms with Crippen LogP contribution < -0.4 is 24.4 Å². The molecule has 0 unspecified atom stereocenters. The number of nitrogens with zero attached hydrogens (tertiary/aromatic N) is 2. The molecule has 3 aromatic rings. The van der Waals surface area contributed by atoms with Crippen LogP contribution in [0.25, 0.3) is 11.3 Å². The van der Waals surface area contributed by atoms with Gasteiger partial charge in [0.2, 0.25) is 0 Å². The molecule has 8 nitrogen and oxygen atoms in total. The predicted octanol–water partition coefficient (Wildman–Crippen LogP) is 3.74. The third-order valence-electron chi connectivity index (χ3n) is 4.95. The maximum Gasteiger partial charge on any atom is 0.264 e. The Kier molecular flexibility index (Phi) is 5.51. The first-order valence-corrected chi connectivity index (χ1v) is 10.3. The zero-order valence-corrected chi connectivity index (χ0v) is 18.3. The molecule has 0 saturated carbocycles. The Morgan fingerprint density at radius 1 is 1.16 bits per heavy atom. The third kappa shape index (κ3) is 4.04. The van der Waals surface area contributed by atoms with E-state index >= 15 is 0 Å². The Morgan fingerprint density at radius 3 is 2.55 bits per heavy atom. The lowest BCUT2D eigenvalue weighted by Gasteiger charge is -2.26. The van der Waals surface area contributed by atoms with Crippen LogP contribution in [-0.4, -0.2) is 44.7 Å². The number of hydrogen-bond donors (Lipinski definition) is 1. The number of aromatic nitrogens is 1. The van der Waals surface area contributed by atoms with Gasteiger partial charge in [-0.1, -0.05) is 0 Å². The summed E-state index contributed by atoms with van der Waals surface area (Å²) in [4.78, 5) is 31.8. The van der Waals surface area contributed by atoms with Crippen molar-refractivity contribution in [3.8, 4) is 28.5 Å². The van der Waals surface area contributed by atoms with Gasteiger partial charge in [0.1, 0.15) is 17.2 Å². The molecule has 2 heterocycles. The molecular weight excluding hydrogens is 418 g/mol. The van der Waals surface area contributed by atoms with E-state index in [9.17, 15) is 9.59 Å².